The molecule has 1 aliphatic rings. The molecule has 0 saturated heterocycles. The molecule has 3 unspecified atom stereocenters. The summed E-state index contributed by atoms with van der Waals surface area (Å²) in [5.74, 6) is 0.475. The van der Waals surface area contributed by atoms with Gasteiger partial charge in [0.2, 0.25) is 0 Å². The Balaban J connectivity index is 1.94. The molecule has 4 nitrogen and oxygen atoms in total. The molecule has 0 spiro atoms. The topological polar surface area (TPSA) is 59.4 Å². The second-order valence-corrected chi connectivity index (χ2v) is 5.50. The normalized spacial score (nSPS) is 27.2. The van der Waals surface area contributed by atoms with Crippen LogP contribution in [0.3, 0.4) is 0 Å². The van der Waals surface area contributed by atoms with Crippen LogP contribution in [0.1, 0.15) is 49.2 Å². The highest BCUT2D eigenvalue weighted by Gasteiger charge is 2.25. The van der Waals surface area contributed by atoms with Crippen molar-refractivity contribution in [3.8, 4) is 0 Å². The smallest absolute Gasteiger partial charge is 0.337 e. The maximum absolute atomic E-state index is 11.1. The summed E-state index contributed by atoms with van der Waals surface area (Å²) in [6.07, 6.45) is 5.13. The van der Waals surface area contributed by atoms with Crippen molar-refractivity contribution in [3.05, 3.63) is 29.6 Å². The van der Waals surface area contributed by atoms with E-state index in [1.54, 1.807) is 18.3 Å². The van der Waals surface area contributed by atoms with Crippen LogP contribution in [-0.4, -0.2) is 22.2 Å². The minimum Gasteiger partial charge on any atom is -0.478 e. The van der Waals surface area contributed by atoms with Crippen molar-refractivity contribution >= 4 is 5.97 Å². The molecule has 1 aromatic rings. The van der Waals surface area contributed by atoms with E-state index in [9.17, 15) is 4.79 Å². The van der Waals surface area contributed by atoms with Gasteiger partial charge < -0.3 is 9.84 Å². The molecular weight excluding hydrogens is 242 g/mol. The van der Waals surface area contributed by atoms with Gasteiger partial charge in [-0.2, -0.15) is 0 Å². The van der Waals surface area contributed by atoms with Gasteiger partial charge >= 0.3 is 5.97 Å². The first-order chi connectivity index (χ1) is 9.08. The van der Waals surface area contributed by atoms with Crippen molar-refractivity contribution < 1.29 is 14.6 Å². The van der Waals surface area contributed by atoms with Crippen LogP contribution in [0.25, 0.3) is 0 Å². The van der Waals surface area contributed by atoms with Crippen LogP contribution in [0.4, 0.5) is 0 Å². The fourth-order valence-electron chi connectivity index (χ4n) is 2.59. The second-order valence-electron chi connectivity index (χ2n) is 5.50. The van der Waals surface area contributed by atoms with Gasteiger partial charge in [-0.15, -0.1) is 0 Å². The lowest BCUT2D eigenvalue weighted by molar-refractivity contribution is -0.00918. The first-order valence-corrected chi connectivity index (χ1v) is 6.86. The van der Waals surface area contributed by atoms with E-state index in [1.165, 1.54) is 6.42 Å². The number of aromatic nitrogens is 1. The van der Waals surface area contributed by atoms with Crippen molar-refractivity contribution in [2.75, 3.05) is 0 Å². The fourth-order valence-corrected chi connectivity index (χ4v) is 2.59. The molecule has 1 aromatic heterocycles. The number of carboxylic acid groups (broad SMARTS) is 1. The zero-order valence-corrected chi connectivity index (χ0v) is 11.5. The lowest BCUT2D eigenvalue weighted by Gasteiger charge is -2.31. The molecule has 1 fully saturated rings. The SMILES string of the molecule is CC1CCC(OCc2ncccc2C(=O)O)CC1C. The van der Waals surface area contributed by atoms with E-state index in [1.807, 2.05) is 0 Å². The Bertz CT molecular complexity index is 447. The summed E-state index contributed by atoms with van der Waals surface area (Å²) < 4.78 is 5.85. The first kappa shape index (κ1) is 14.0. The summed E-state index contributed by atoms with van der Waals surface area (Å²) in [7, 11) is 0. The van der Waals surface area contributed by atoms with E-state index >= 15 is 0 Å². The van der Waals surface area contributed by atoms with E-state index in [0.29, 0.717) is 11.6 Å². The van der Waals surface area contributed by atoms with Crippen LogP contribution in [0.2, 0.25) is 0 Å². The van der Waals surface area contributed by atoms with Crippen LogP contribution < -0.4 is 0 Å². The van der Waals surface area contributed by atoms with Crippen LogP contribution in [0, 0.1) is 11.8 Å². The lowest BCUT2D eigenvalue weighted by atomic mass is 9.80. The van der Waals surface area contributed by atoms with Gasteiger partial charge in [-0.05, 0) is 43.2 Å². The molecule has 3 atom stereocenters. The van der Waals surface area contributed by atoms with Crippen LogP contribution in [-0.2, 0) is 11.3 Å². The van der Waals surface area contributed by atoms with Crippen LogP contribution >= 0.6 is 0 Å². The Kier molecular flexibility index (Phi) is 4.53. The van der Waals surface area contributed by atoms with Crippen molar-refractivity contribution in [1.82, 2.24) is 4.98 Å². The molecule has 0 aromatic carbocycles. The number of nitrogens with zero attached hydrogens (tertiary/aromatic N) is 1. The van der Waals surface area contributed by atoms with Gasteiger partial charge in [0.25, 0.3) is 0 Å². The molecule has 104 valence electrons. The number of aromatic carboxylic acids is 1. The standard InChI is InChI=1S/C15H21NO3/c1-10-5-6-12(8-11(10)2)19-9-14-13(15(17)18)4-3-7-16-14/h3-4,7,10-12H,5-6,8-9H2,1-2H3,(H,17,18). The maximum atomic E-state index is 11.1. The summed E-state index contributed by atoms with van der Waals surface area (Å²) in [5, 5.41) is 9.08. The Morgan fingerprint density at radius 2 is 2.21 bits per heavy atom. The van der Waals surface area contributed by atoms with Gasteiger partial charge in [-0.1, -0.05) is 13.8 Å². The molecule has 0 aliphatic heterocycles. The molecule has 1 saturated carbocycles. The third kappa shape index (κ3) is 3.53. The monoisotopic (exact) mass is 263 g/mol. The Morgan fingerprint density at radius 1 is 1.42 bits per heavy atom. The number of pyridine rings is 1. The number of hydrogen-bond donors (Lipinski definition) is 1. The van der Waals surface area contributed by atoms with Gasteiger partial charge in [0.1, 0.15) is 0 Å². The highest BCUT2D eigenvalue weighted by Crippen LogP contribution is 2.31. The summed E-state index contributed by atoms with van der Waals surface area (Å²) in [4.78, 5) is 15.2. The fraction of sp³-hybridized carbons (Fsp3) is 0.600. The number of rotatable bonds is 4. The Hall–Kier alpha value is -1.42. The zero-order chi connectivity index (χ0) is 13.8. The van der Waals surface area contributed by atoms with Crippen molar-refractivity contribution in [2.24, 2.45) is 11.8 Å². The lowest BCUT2D eigenvalue weighted by Crippen LogP contribution is -2.26. The molecule has 1 aliphatic carbocycles. The van der Waals surface area contributed by atoms with Gasteiger partial charge in [0.05, 0.1) is 24.0 Å². The Labute approximate surface area is 113 Å². The van der Waals surface area contributed by atoms with E-state index in [4.69, 9.17) is 9.84 Å². The molecule has 0 amide bonds. The third-order valence-electron chi connectivity index (χ3n) is 4.13. The minimum atomic E-state index is -0.947. The molecule has 1 N–H and O–H groups in total. The summed E-state index contributed by atoms with van der Waals surface area (Å²) in [6, 6.07) is 3.21. The second kappa shape index (κ2) is 6.15. The maximum Gasteiger partial charge on any atom is 0.337 e. The predicted molar refractivity (Wildman–Crippen MR) is 72.0 cm³/mol. The van der Waals surface area contributed by atoms with Crippen LogP contribution in [0.15, 0.2) is 18.3 Å². The Morgan fingerprint density at radius 3 is 2.89 bits per heavy atom. The van der Waals surface area contributed by atoms with E-state index in [0.717, 1.165) is 18.8 Å². The molecule has 0 radical (unpaired) electrons. The highest BCUT2D eigenvalue weighted by molar-refractivity contribution is 5.88. The predicted octanol–water partition coefficient (Wildman–Crippen LogP) is 3.12. The van der Waals surface area contributed by atoms with Gasteiger partial charge in [-0.3, -0.25) is 4.98 Å². The molecule has 4 heteroatoms. The number of carbonyl (C=O) groups is 1. The van der Waals surface area contributed by atoms with E-state index in [-0.39, 0.29) is 18.3 Å². The van der Waals surface area contributed by atoms with E-state index < -0.39 is 5.97 Å². The largest absolute Gasteiger partial charge is 0.478 e. The average Bonchev–Trinajstić information content (AvgIpc) is 2.40. The molecular formula is C15H21NO3. The van der Waals surface area contributed by atoms with Gasteiger partial charge in [-0.25, -0.2) is 4.79 Å². The molecule has 0 bridgehead atoms. The zero-order valence-electron chi connectivity index (χ0n) is 11.5. The van der Waals surface area contributed by atoms with Gasteiger partial charge in [0, 0.05) is 6.20 Å². The van der Waals surface area contributed by atoms with Crippen molar-refractivity contribution in [3.63, 3.8) is 0 Å². The summed E-state index contributed by atoms with van der Waals surface area (Å²) >= 11 is 0. The average molecular weight is 263 g/mol. The van der Waals surface area contributed by atoms with Gasteiger partial charge in [0.15, 0.2) is 0 Å². The van der Waals surface area contributed by atoms with Crippen molar-refractivity contribution in [2.45, 2.75) is 45.8 Å². The van der Waals surface area contributed by atoms with Crippen molar-refractivity contribution in [1.29, 1.82) is 0 Å². The molecule has 1 heterocycles. The minimum absolute atomic E-state index is 0.231. The number of hydrogen-bond acceptors (Lipinski definition) is 3. The first-order valence-electron chi connectivity index (χ1n) is 6.86. The summed E-state index contributed by atoms with van der Waals surface area (Å²) in [5.41, 5.74) is 0.751. The third-order valence-corrected chi connectivity index (χ3v) is 4.13. The highest BCUT2D eigenvalue weighted by atomic mass is 16.5. The quantitative estimate of drug-likeness (QED) is 0.906. The summed E-state index contributed by atoms with van der Waals surface area (Å²) in [6.45, 7) is 4.82. The molecule has 19 heavy (non-hydrogen) atoms. The van der Waals surface area contributed by atoms with Crippen LogP contribution in [0.5, 0.6) is 0 Å². The number of ether oxygens (including phenoxy) is 1. The number of carboxylic acids is 1. The molecule has 2 rings (SSSR count). The van der Waals surface area contributed by atoms with E-state index in [2.05, 4.69) is 18.8 Å².